The Labute approximate surface area is 104 Å². The molecule has 0 aliphatic carbocycles. The number of likely N-dealkylation sites (tertiary alicyclic amines) is 1. The van der Waals surface area contributed by atoms with Crippen molar-refractivity contribution in [2.75, 3.05) is 13.1 Å². The highest BCUT2D eigenvalue weighted by atomic mass is 19.4. The maximum absolute atomic E-state index is 12.1. The first-order chi connectivity index (χ1) is 8.07. The number of hydrogen-bond acceptors (Lipinski definition) is 3. The predicted molar refractivity (Wildman–Crippen MR) is 58.0 cm³/mol. The van der Waals surface area contributed by atoms with E-state index in [1.807, 2.05) is 0 Å². The summed E-state index contributed by atoms with van der Waals surface area (Å²) in [7, 11) is 0. The first-order valence-corrected chi connectivity index (χ1v) is 5.79. The molecule has 18 heavy (non-hydrogen) atoms. The van der Waals surface area contributed by atoms with Crippen molar-refractivity contribution in [2.45, 2.75) is 51.7 Å². The molecule has 0 bridgehead atoms. The lowest BCUT2D eigenvalue weighted by molar-refractivity contribution is -0.345. The molecule has 1 atom stereocenters. The van der Waals surface area contributed by atoms with Crippen LogP contribution in [0.3, 0.4) is 0 Å². The largest absolute Gasteiger partial charge is 0.522 e. The van der Waals surface area contributed by atoms with Crippen LogP contribution in [0.25, 0.3) is 0 Å². The third-order valence-electron chi connectivity index (χ3n) is 2.33. The number of halogens is 3. The Morgan fingerprint density at radius 2 is 1.89 bits per heavy atom. The van der Waals surface area contributed by atoms with Gasteiger partial charge in [0.2, 0.25) is 0 Å². The van der Waals surface area contributed by atoms with E-state index in [0.29, 0.717) is 19.4 Å². The van der Waals surface area contributed by atoms with Gasteiger partial charge < -0.3 is 9.64 Å². The standard InChI is InChI=1S/C11H18F3NO3/c1-10(2,3)18-9(16)15-6-4-5-8(7-15)17-11(12,13)14/h8H,4-7H2,1-3H3. The van der Waals surface area contributed by atoms with Gasteiger partial charge in [0.05, 0.1) is 12.6 Å². The van der Waals surface area contributed by atoms with Crippen LogP contribution in [0.2, 0.25) is 0 Å². The monoisotopic (exact) mass is 269 g/mol. The fraction of sp³-hybridized carbons (Fsp3) is 0.909. The van der Waals surface area contributed by atoms with Crippen LogP contribution >= 0.6 is 0 Å². The number of piperidine rings is 1. The van der Waals surface area contributed by atoms with Crippen LogP contribution in [0.1, 0.15) is 33.6 Å². The summed E-state index contributed by atoms with van der Waals surface area (Å²) in [5.74, 6) is 0. The summed E-state index contributed by atoms with van der Waals surface area (Å²) in [6.45, 7) is 5.43. The molecule has 0 aromatic heterocycles. The Kier molecular flexibility index (Phi) is 4.47. The molecule has 0 radical (unpaired) electrons. The van der Waals surface area contributed by atoms with Crippen LogP contribution < -0.4 is 0 Å². The molecule has 1 saturated heterocycles. The van der Waals surface area contributed by atoms with E-state index in [1.54, 1.807) is 20.8 Å². The molecule has 0 spiro atoms. The van der Waals surface area contributed by atoms with Crippen molar-refractivity contribution in [1.82, 2.24) is 4.90 Å². The number of alkyl halides is 3. The Morgan fingerprint density at radius 1 is 1.28 bits per heavy atom. The van der Waals surface area contributed by atoms with E-state index >= 15 is 0 Å². The topological polar surface area (TPSA) is 38.8 Å². The molecule has 0 saturated carbocycles. The third kappa shape index (κ3) is 5.57. The number of hydrogen-bond donors (Lipinski definition) is 0. The number of rotatable bonds is 1. The van der Waals surface area contributed by atoms with Crippen LogP contribution in [0.5, 0.6) is 0 Å². The SMILES string of the molecule is CC(C)(C)OC(=O)N1CCCC(OC(F)(F)F)C1. The second-order valence-corrected chi connectivity index (χ2v) is 5.25. The second-order valence-electron chi connectivity index (χ2n) is 5.25. The molecule has 1 heterocycles. The number of amides is 1. The summed E-state index contributed by atoms with van der Waals surface area (Å²) in [6.07, 6.45) is -5.51. The zero-order valence-electron chi connectivity index (χ0n) is 10.7. The predicted octanol–water partition coefficient (Wildman–Crippen LogP) is 2.92. The van der Waals surface area contributed by atoms with Gasteiger partial charge in [-0.2, -0.15) is 0 Å². The lowest BCUT2D eigenvalue weighted by Gasteiger charge is -2.34. The average Bonchev–Trinajstić information content (AvgIpc) is 2.12. The Morgan fingerprint density at radius 3 is 2.39 bits per heavy atom. The highest BCUT2D eigenvalue weighted by Crippen LogP contribution is 2.24. The third-order valence-corrected chi connectivity index (χ3v) is 2.33. The van der Waals surface area contributed by atoms with Gasteiger partial charge in [-0.15, -0.1) is 13.2 Å². The molecule has 0 aromatic carbocycles. The number of nitrogens with zero attached hydrogens (tertiary/aromatic N) is 1. The zero-order valence-corrected chi connectivity index (χ0v) is 10.7. The van der Waals surface area contributed by atoms with Gasteiger partial charge in [-0.25, -0.2) is 4.79 Å². The molecule has 1 unspecified atom stereocenters. The first-order valence-electron chi connectivity index (χ1n) is 5.79. The summed E-state index contributed by atoms with van der Waals surface area (Å²) in [6, 6.07) is 0. The average molecular weight is 269 g/mol. The number of carbonyl (C=O) groups is 1. The highest BCUT2D eigenvalue weighted by molar-refractivity contribution is 5.68. The fourth-order valence-electron chi connectivity index (χ4n) is 1.72. The molecular formula is C11H18F3NO3. The summed E-state index contributed by atoms with van der Waals surface area (Å²) in [5.41, 5.74) is -0.658. The van der Waals surface area contributed by atoms with E-state index in [4.69, 9.17) is 4.74 Å². The maximum atomic E-state index is 12.1. The Bertz CT molecular complexity index is 299. The molecule has 0 aromatic rings. The number of carbonyl (C=O) groups excluding carboxylic acids is 1. The van der Waals surface area contributed by atoms with Gasteiger partial charge in [0.15, 0.2) is 0 Å². The van der Waals surface area contributed by atoms with Crippen molar-refractivity contribution in [3.8, 4) is 0 Å². The molecule has 106 valence electrons. The second kappa shape index (κ2) is 5.34. The van der Waals surface area contributed by atoms with E-state index in [1.165, 1.54) is 4.90 Å². The van der Waals surface area contributed by atoms with Crippen LogP contribution in [0, 0.1) is 0 Å². The quantitative estimate of drug-likeness (QED) is 0.734. The van der Waals surface area contributed by atoms with Crippen LogP contribution in [0.15, 0.2) is 0 Å². The molecule has 7 heteroatoms. The molecule has 1 rings (SSSR count). The van der Waals surface area contributed by atoms with Crippen LogP contribution in [0.4, 0.5) is 18.0 Å². The Balaban J connectivity index is 2.51. The molecule has 0 N–H and O–H groups in total. The smallest absolute Gasteiger partial charge is 0.444 e. The zero-order chi connectivity index (χ0) is 14.0. The minimum absolute atomic E-state index is 0.0889. The first kappa shape index (κ1) is 15.1. The lowest BCUT2D eigenvalue weighted by atomic mass is 10.1. The van der Waals surface area contributed by atoms with Gasteiger partial charge >= 0.3 is 12.5 Å². The van der Waals surface area contributed by atoms with E-state index in [-0.39, 0.29) is 6.54 Å². The maximum Gasteiger partial charge on any atom is 0.522 e. The molecule has 1 fully saturated rings. The van der Waals surface area contributed by atoms with E-state index in [2.05, 4.69) is 4.74 Å². The van der Waals surface area contributed by atoms with Crippen molar-refractivity contribution in [1.29, 1.82) is 0 Å². The molecular weight excluding hydrogens is 251 g/mol. The normalized spacial score (nSPS) is 21.9. The van der Waals surface area contributed by atoms with Gasteiger partial charge in [0, 0.05) is 6.54 Å². The lowest BCUT2D eigenvalue weighted by Crippen LogP contribution is -2.46. The van der Waals surface area contributed by atoms with E-state index in [0.717, 1.165) is 0 Å². The van der Waals surface area contributed by atoms with Crippen molar-refractivity contribution >= 4 is 6.09 Å². The van der Waals surface area contributed by atoms with Gasteiger partial charge in [0.25, 0.3) is 0 Å². The van der Waals surface area contributed by atoms with Crippen LogP contribution in [-0.4, -0.2) is 42.2 Å². The highest BCUT2D eigenvalue weighted by Gasteiger charge is 2.37. The molecule has 1 aliphatic heterocycles. The van der Waals surface area contributed by atoms with Gasteiger partial charge in [-0.05, 0) is 33.6 Å². The van der Waals surface area contributed by atoms with Gasteiger partial charge in [0.1, 0.15) is 5.60 Å². The Hall–Kier alpha value is -0.980. The van der Waals surface area contributed by atoms with Crippen LogP contribution in [-0.2, 0) is 9.47 Å². The minimum Gasteiger partial charge on any atom is -0.444 e. The fourth-order valence-corrected chi connectivity index (χ4v) is 1.72. The minimum atomic E-state index is -4.67. The van der Waals surface area contributed by atoms with Gasteiger partial charge in [-0.3, -0.25) is 4.74 Å². The summed E-state index contributed by atoms with van der Waals surface area (Å²) < 4.78 is 45.3. The number of ether oxygens (including phenoxy) is 2. The summed E-state index contributed by atoms with van der Waals surface area (Å²) >= 11 is 0. The summed E-state index contributed by atoms with van der Waals surface area (Å²) in [4.78, 5) is 12.9. The van der Waals surface area contributed by atoms with Crippen molar-refractivity contribution < 1.29 is 27.4 Å². The van der Waals surface area contributed by atoms with Crippen molar-refractivity contribution in [2.24, 2.45) is 0 Å². The van der Waals surface area contributed by atoms with Gasteiger partial charge in [-0.1, -0.05) is 0 Å². The molecule has 1 amide bonds. The van der Waals surface area contributed by atoms with E-state index < -0.39 is 24.2 Å². The molecule has 1 aliphatic rings. The van der Waals surface area contributed by atoms with Crippen molar-refractivity contribution in [3.05, 3.63) is 0 Å². The van der Waals surface area contributed by atoms with E-state index in [9.17, 15) is 18.0 Å². The van der Waals surface area contributed by atoms with Crippen molar-refractivity contribution in [3.63, 3.8) is 0 Å². The molecule has 4 nitrogen and oxygen atoms in total. The summed E-state index contributed by atoms with van der Waals surface area (Å²) in [5, 5.41) is 0.